The molecular weight excluding hydrogens is 1350 g/mol. The number of nitrogens with two attached hydrogens (primary N) is 1. The molecule has 0 aliphatic heterocycles. The van der Waals surface area contributed by atoms with Crippen molar-refractivity contribution < 1.29 is 80.5 Å². The number of nitrogens with one attached hydrogen (secondary N) is 3. The van der Waals surface area contributed by atoms with Crippen LogP contribution in [0.5, 0.6) is 0 Å². The van der Waals surface area contributed by atoms with E-state index in [0.29, 0.717) is 61.4 Å². The number of hydrogen-bond donors (Lipinski definition) is 4. The normalized spacial score (nSPS) is 30.1. The van der Waals surface area contributed by atoms with Gasteiger partial charge >= 0.3 is 0 Å². The molecule has 0 radical (unpaired) electrons. The Hall–Kier alpha value is -10.8. The molecule has 12 aliphatic rings. The highest BCUT2D eigenvalue weighted by Crippen LogP contribution is 2.65. The SMILES string of the molecule is CC(=O)Nc1ccc(C23CC2C(=O)CC3=O)cc1.CN(C)CC(=O)Nc1ccc(C23CC2C(=O)CC3=O)cc1.CS(=O)(=O)Nc1ccc(C23CC2C(=O)CC3=O)cc1.Nc1ccc(C23CC2C(=O)CC3=O)cc1.O=C1CC(=O)C2(c3ccc([N+](=O)[O-])cc3)CC12.O=C1CC(=O)C2(c3ccccc3)CC12. The van der Waals surface area contributed by atoms with Crippen molar-refractivity contribution in [3.05, 3.63) is 195 Å². The van der Waals surface area contributed by atoms with E-state index in [-0.39, 0.29) is 161 Å². The van der Waals surface area contributed by atoms with Crippen LogP contribution in [0.4, 0.5) is 28.4 Å². The van der Waals surface area contributed by atoms with E-state index in [1.165, 1.54) is 19.1 Å². The number of carbonyl (C=O) groups is 14. The van der Waals surface area contributed by atoms with Crippen molar-refractivity contribution >= 4 is 120 Å². The molecule has 2 amide bonds. The summed E-state index contributed by atoms with van der Waals surface area (Å²) in [5, 5.41) is 16.0. The molecule has 12 unspecified atom stereocenters. The first-order chi connectivity index (χ1) is 49.2. The fourth-order valence-corrected chi connectivity index (χ4v) is 17.7. The van der Waals surface area contributed by atoms with E-state index < -0.39 is 47.4 Å². The maximum Gasteiger partial charge on any atom is 0.269 e. The summed E-state index contributed by atoms with van der Waals surface area (Å²) in [4.78, 5) is 175. The second-order valence-electron chi connectivity index (χ2n) is 29.6. The van der Waals surface area contributed by atoms with Crippen LogP contribution in [0.2, 0.25) is 0 Å². The Bertz CT molecular complexity index is 4870. The molecule has 0 spiro atoms. The number of ketones is 12. The smallest absolute Gasteiger partial charge is 0.269 e. The van der Waals surface area contributed by atoms with Gasteiger partial charge in [-0.15, -0.1) is 0 Å². The molecule has 18 rings (SSSR count). The molecule has 6 aromatic rings. The van der Waals surface area contributed by atoms with Crippen molar-refractivity contribution in [1.29, 1.82) is 0 Å². The first-order valence-corrected chi connectivity index (χ1v) is 36.2. The van der Waals surface area contributed by atoms with Gasteiger partial charge in [-0.3, -0.25) is 82.0 Å². The number of sulfonamides is 1. The van der Waals surface area contributed by atoms with Gasteiger partial charge in [-0.2, -0.15) is 0 Å². The second-order valence-corrected chi connectivity index (χ2v) is 31.4. The standard InChI is InChI=1S/C16H18N2O3.C14H13NO3.C13H13NO4S.C12H9NO4.C12H11NO2.C12H10O2/c1-18(2)9-15(21)17-11-5-3-10(4-6-11)16-8-12(16)13(19)7-14(16)20;1-8(16)15-10-4-2-9(3-5-10)14-7-11(14)12(17)6-13(14)18;1-19(17,18)14-9-4-2-8(3-5-9)13-7-10(13)11(15)6-12(13)16;14-10-5-11(15)12(6-9(10)12)7-1-3-8(4-2-7)13(16)17;13-8-3-1-7(2-4-8)12-6-9(12)10(14)5-11(12)15;13-10-6-11(14)12(7-9(10)12)8-4-2-1-3-5-8/h3-6,12H,7-9H2,1-2H3,(H,17,21);2-5,11H,6-7H2,1H3,(H,15,16);2-5,10,14H,6-7H2,1H3;1-4,9H,5-6H2;1-4,9H,5-6,13H2;1-5,9H,6-7H2. The zero-order chi connectivity index (χ0) is 74.5. The van der Waals surface area contributed by atoms with E-state index in [9.17, 15) is 85.7 Å². The van der Waals surface area contributed by atoms with Crippen LogP contribution in [0.25, 0.3) is 0 Å². The predicted octanol–water partition coefficient (Wildman–Crippen LogP) is 7.24. The zero-order valence-electron chi connectivity index (χ0n) is 57.3. The number of nitro benzene ring substituents is 1. The van der Waals surface area contributed by atoms with Crippen LogP contribution in [-0.4, -0.2) is 126 Å². The van der Waals surface area contributed by atoms with Gasteiger partial charge in [-0.1, -0.05) is 91.0 Å². The minimum atomic E-state index is -3.30. The minimum absolute atomic E-state index is 0.000813. The maximum absolute atomic E-state index is 12.0. The molecule has 25 heteroatoms. The molecule has 24 nitrogen and oxygen atoms in total. The van der Waals surface area contributed by atoms with Crippen LogP contribution in [0.3, 0.4) is 0 Å². The molecule has 5 N–H and O–H groups in total. The number of likely N-dealkylation sites (N-methyl/N-ethyl adjacent to an activating group) is 1. The molecule has 0 saturated heterocycles. The molecule has 104 heavy (non-hydrogen) atoms. The van der Waals surface area contributed by atoms with Gasteiger partial charge in [0.25, 0.3) is 5.69 Å². The van der Waals surface area contributed by atoms with Gasteiger partial charge < -0.3 is 21.3 Å². The van der Waals surface area contributed by atoms with Crippen LogP contribution in [0, 0.1) is 45.6 Å². The van der Waals surface area contributed by atoms with Crippen LogP contribution >= 0.6 is 0 Å². The molecule has 534 valence electrons. The first-order valence-electron chi connectivity index (χ1n) is 34.3. The summed E-state index contributed by atoms with van der Waals surface area (Å²) < 4.78 is 24.6. The number of amides is 2. The highest BCUT2D eigenvalue weighted by Gasteiger charge is 2.72. The summed E-state index contributed by atoms with van der Waals surface area (Å²) in [5.41, 5.74) is 10.3. The van der Waals surface area contributed by atoms with Crippen LogP contribution < -0.4 is 21.1 Å². The number of non-ortho nitro benzene ring substituents is 1. The molecule has 0 heterocycles. The van der Waals surface area contributed by atoms with E-state index in [1.807, 2.05) is 80.8 Å². The van der Waals surface area contributed by atoms with Crippen molar-refractivity contribution in [3.63, 3.8) is 0 Å². The van der Waals surface area contributed by atoms with Crippen molar-refractivity contribution in [2.75, 3.05) is 48.0 Å². The van der Waals surface area contributed by atoms with Crippen molar-refractivity contribution in [2.24, 2.45) is 35.5 Å². The van der Waals surface area contributed by atoms with Crippen LogP contribution in [-0.2, 0) is 110 Å². The Morgan fingerprint density at radius 1 is 0.423 bits per heavy atom. The number of nitrogen functional groups attached to an aromatic ring is 1. The first kappa shape index (κ1) is 71.6. The number of nitro groups is 1. The molecular formula is C79H74N6O18S. The van der Waals surface area contributed by atoms with Gasteiger partial charge in [-0.05, 0) is 135 Å². The Labute approximate surface area is 597 Å². The van der Waals surface area contributed by atoms with Gasteiger partial charge in [0.05, 0.1) is 88.7 Å². The number of hydrogen-bond acceptors (Lipinski definition) is 20. The lowest BCUT2D eigenvalue weighted by Crippen LogP contribution is -2.27. The topological polar surface area (TPSA) is 382 Å². The number of benzene rings is 6. The summed E-state index contributed by atoms with van der Waals surface area (Å²) in [6, 6.07) is 44.2. The van der Waals surface area contributed by atoms with Crippen LogP contribution in [0.15, 0.2) is 152 Å². The summed E-state index contributed by atoms with van der Waals surface area (Å²) >= 11 is 0. The maximum atomic E-state index is 12.0. The minimum Gasteiger partial charge on any atom is -0.399 e. The average Bonchev–Trinajstić information content (AvgIpc) is 1.58. The Morgan fingerprint density at radius 2 is 0.683 bits per heavy atom. The van der Waals surface area contributed by atoms with E-state index in [1.54, 1.807) is 77.7 Å². The molecule has 6 aromatic carbocycles. The molecule has 12 fully saturated rings. The number of rotatable bonds is 13. The van der Waals surface area contributed by atoms with E-state index >= 15 is 0 Å². The second kappa shape index (κ2) is 26.2. The predicted molar refractivity (Wildman–Crippen MR) is 376 cm³/mol. The lowest BCUT2D eigenvalue weighted by atomic mass is 9.92. The molecule has 12 aliphatic carbocycles. The average molecular weight is 1430 g/mol. The van der Waals surface area contributed by atoms with Gasteiger partial charge in [-0.25, -0.2) is 8.42 Å². The van der Waals surface area contributed by atoms with Gasteiger partial charge in [0.1, 0.15) is 34.7 Å². The quantitative estimate of drug-likeness (QED) is 0.0383. The van der Waals surface area contributed by atoms with E-state index in [4.69, 9.17) is 5.73 Å². The summed E-state index contributed by atoms with van der Waals surface area (Å²) in [6.07, 6.45) is 5.49. The van der Waals surface area contributed by atoms with Crippen molar-refractivity contribution in [3.8, 4) is 0 Å². The Balaban J connectivity index is 0.000000111. The van der Waals surface area contributed by atoms with Gasteiger partial charge in [0.2, 0.25) is 21.8 Å². The van der Waals surface area contributed by atoms with Gasteiger partial charge in [0.15, 0.2) is 34.7 Å². The lowest BCUT2D eigenvalue weighted by Gasteiger charge is -2.13. The summed E-state index contributed by atoms with van der Waals surface area (Å²) in [5.74, 6) is -0.131. The third kappa shape index (κ3) is 12.7. The lowest BCUT2D eigenvalue weighted by molar-refractivity contribution is -0.384. The van der Waals surface area contributed by atoms with Gasteiger partial charge in [0, 0.05) is 77.3 Å². The number of carbonyl (C=O) groups excluding carboxylic acids is 14. The fourth-order valence-electron chi connectivity index (χ4n) is 17.1. The van der Waals surface area contributed by atoms with Crippen molar-refractivity contribution in [1.82, 2.24) is 4.90 Å². The Morgan fingerprint density at radius 3 is 0.923 bits per heavy atom. The molecule has 0 aromatic heterocycles. The molecule has 12 atom stereocenters. The number of nitrogens with zero attached hydrogens (tertiary/aromatic N) is 2. The number of fused-ring (bicyclic) bond motifs is 6. The Kier molecular flexibility index (Phi) is 18.0. The summed E-state index contributed by atoms with van der Waals surface area (Å²) in [7, 11) is 0.358. The van der Waals surface area contributed by atoms with Crippen molar-refractivity contribution in [2.45, 2.75) is 116 Å². The largest absolute Gasteiger partial charge is 0.399 e. The fraction of sp³-hybridized carbons (Fsp3) is 0.367. The summed E-state index contributed by atoms with van der Waals surface area (Å²) in [6.45, 7) is 1.77. The highest BCUT2D eigenvalue weighted by molar-refractivity contribution is 7.92. The monoisotopic (exact) mass is 1430 g/mol. The molecule has 0 bridgehead atoms. The third-order valence-corrected chi connectivity index (χ3v) is 23.6. The van der Waals surface area contributed by atoms with E-state index in [0.717, 1.165) is 46.1 Å². The number of anilines is 4. The highest BCUT2D eigenvalue weighted by atomic mass is 32.2. The van der Waals surface area contributed by atoms with Crippen LogP contribution in [0.1, 0.15) is 117 Å². The third-order valence-electron chi connectivity index (χ3n) is 23.0. The zero-order valence-corrected chi connectivity index (χ0v) is 58.1. The number of Topliss-reactive ketones (excluding diaryl/α,β-unsaturated/α-hetero) is 12. The van der Waals surface area contributed by atoms with E-state index in [2.05, 4.69) is 15.4 Å². The molecule has 12 saturated carbocycles.